The molecule has 0 N–H and O–H groups in total. The Hall–Kier alpha value is -1.66. The molecular formula is C13H8BrClFNO3. The fourth-order valence-corrected chi connectivity index (χ4v) is 2.11. The molecule has 0 aliphatic rings. The monoisotopic (exact) mass is 359 g/mol. The van der Waals surface area contributed by atoms with E-state index in [1.165, 1.54) is 24.3 Å². The first kappa shape index (κ1) is 14.7. The molecule has 0 saturated carbocycles. The van der Waals surface area contributed by atoms with Gasteiger partial charge in [-0.15, -0.1) is 11.6 Å². The lowest BCUT2D eigenvalue weighted by Crippen LogP contribution is -1.94. The Labute approximate surface area is 127 Å². The number of hydrogen-bond acceptors (Lipinski definition) is 3. The van der Waals surface area contributed by atoms with Crippen molar-refractivity contribution in [1.29, 1.82) is 0 Å². The smallest absolute Gasteiger partial charge is 0.312 e. The van der Waals surface area contributed by atoms with Crippen molar-refractivity contribution in [3.8, 4) is 11.5 Å². The van der Waals surface area contributed by atoms with Gasteiger partial charge in [0.05, 0.1) is 4.92 Å². The van der Waals surface area contributed by atoms with Gasteiger partial charge in [-0.2, -0.15) is 0 Å². The van der Waals surface area contributed by atoms with Gasteiger partial charge in [-0.25, -0.2) is 4.39 Å². The molecule has 104 valence electrons. The maximum atomic E-state index is 13.4. The van der Waals surface area contributed by atoms with Gasteiger partial charge < -0.3 is 4.74 Å². The van der Waals surface area contributed by atoms with Gasteiger partial charge in [-0.05, 0) is 29.8 Å². The summed E-state index contributed by atoms with van der Waals surface area (Å²) in [5, 5.41) is 11.0. The largest absolute Gasteiger partial charge is 0.450 e. The third kappa shape index (κ3) is 3.46. The zero-order chi connectivity index (χ0) is 14.7. The molecule has 0 heterocycles. The average molecular weight is 361 g/mol. The Balaban J connectivity index is 2.39. The van der Waals surface area contributed by atoms with Crippen LogP contribution in [0.25, 0.3) is 0 Å². The summed E-state index contributed by atoms with van der Waals surface area (Å²) in [6.07, 6.45) is 0. The van der Waals surface area contributed by atoms with Gasteiger partial charge in [0.15, 0.2) is 0 Å². The van der Waals surface area contributed by atoms with Crippen LogP contribution < -0.4 is 4.74 Å². The fraction of sp³-hybridized carbons (Fsp3) is 0.0769. The van der Waals surface area contributed by atoms with Gasteiger partial charge >= 0.3 is 5.69 Å². The summed E-state index contributed by atoms with van der Waals surface area (Å²) in [7, 11) is 0. The van der Waals surface area contributed by atoms with E-state index in [4.69, 9.17) is 16.3 Å². The summed E-state index contributed by atoms with van der Waals surface area (Å²) in [6.45, 7) is 0. The van der Waals surface area contributed by atoms with E-state index >= 15 is 0 Å². The van der Waals surface area contributed by atoms with E-state index < -0.39 is 10.7 Å². The molecule has 0 saturated heterocycles. The van der Waals surface area contributed by atoms with E-state index in [1.54, 1.807) is 6.07 Å². The van der Waals surface area contributed by atoms with Crippen molar-refractivity contribution in [1.82, 2.24) is 0 Å². The lowest BCUT2D eigenvalue weighted by Gasteiger charge is -2.08. The van der Waals surface area contributed by atoms with Crippen LogP contribution in [0.1, 0.15) is 5.56 Å². The zero-order valence-corrected chi connectivity index (χ0v) is 12.3. The van der Waals surface area contributed by atoms with Crippen LogP contribution in [0.4, 0.5) is 10.1 Å². The number of alkyl halides is 1. The van der Waals surface area contributed by atoms with Crippen molar-refractivity contribution in [2.75, 3.05) is 0 Å². The molecule has 0 bridgehead atoms. The molecule has 0 amide bonds. The van der Waals surface area contributed by atoms with Crippen LogP contribution >= 0.6 is 27.5 Å². The van der Waals surface area contributed by atoms with Gasteiger partial charge in [-0.3, -0.25) is 10.1 Å². The summed E-state index contributed by atoms with van der Waals surface area (Å²) < 4.78 is 19.3. The number of rotatable bonds is 4. The second-order valence-corrected chi connectivity index (χ2v) is 5.08. The second-order valence-electron chi connectivity index (χ2n) is 3.90. The van der Waals surface area contributed by atoms with E-state index in [0.29, 0.717) is 10.0 Å². The van der Waals surface area contributed by atoms with Crippen LogP contribution in [0.3, 0.4) is 0 Å². The van der Waals surface area contributed by atoms with Gasteiger partial charge in [0.2, 0.25) is 5.75 Å². The highest BCUT2D eigenvalue weighted by molar-refractivity contribution is 9.10. The lowest BCUT2D eigenvalue weighted by molar-refractivity contribution is -0.385. The maximum absolute atomic E-state index is 13.4. The van der Waals surface area contributed by atoms with Crippen molar-refractivity contribution >= 4 is 33.2 Å². The summed E-state index contributed by atoms with van der Waals surface area (Å²) in [5.74, 6) is -0.204. The second kappa shape index (κ2) is 6.19. The molecule has 0 spiro atoms. The first-order chi connectivity index (χ1) is 9.49. The number of hydrogen-bond donors (Lipinski definition) is 0. The standard InChI is InChI=1S/C13H8BrClFNO3/c14-9-1-2-13(12(5-9)17(18)19)20-11-4-8(7-15)3-10(16)6-11/h1-6H,7H2. The van der Waals surface area contributed by atoms with E-state index in [1.807, 2.05) is 0 Å². The minimum atomic E-state index is -0.568. The molecule has 0 aliphatic heterocycles. The summed E-state index contributed by atoms with van der Waals surface area (Å²) in [6, 6.07) is 8.30. The van der Waals surface area contributed by atoms with Gasteiger partial charge in [0.1, 0.15) is 11.6 Å². The molecule has 20 heavy (non-hydrogen) atoms. The molecule has 2 aromatic rings. The predicted octanol–water partition coefficient (Wildman–Crippen LogP) is 5.03. The van der Waals surface area contributed by atoms with Crippen molar-refractivity contribution in [3.05, 3.63) is 62.4 Å². The van der Waals surface area contributed by atoms with Crippen molar-refractivity contribution in [3.63, 3.8) is 0 Å². The van der Waals surface area contributed by atoms with Crippen molar-refractivity contribution < 1.29 is 14.1 Å². The maximum Gasteiger partial charge on any atom is 0.312 e. The number of nitrogens with zero attached hydrogens (tertiary/aromatic N) is 1. The number of nitro benzene ring substituents is 1. The molecule has 4 nitrogen and oxygen atoms in total. The van der Waals surface area contributed by atoms with E-state index in [0.717, 1.165) is 6.07 Å². The zero-order valence-electron chi connectivity index (χ0n) is 9.98. The summed E-state index contributed by atoms with van der Waals surface area (Å²) >= 11 is 8.79. The molecule has 0 fully saturated rings. The highest BCUT2D eigenvalue weighted by atomic mass is 79.9. The van der Waals surface area contributed by atoms with Crippen molar-refractivity contribution in [2.45, 2.75) is 5.88 Å². The normalized spacial score (nSPS) is 10.3. The van der Waals surface area contributed by atoms with Crippen LogP contribution in [0.15, 0.2) is 40.9 Å². The van der Waals surface area contributed by atoms with E-state index in [-0.39, 0.29) is 23.1 Å². The number of benzene rings is 2. The van der Waals surface area contributed by atoms with Crippen LogP contribution in [0, 0.1) is 15.9 Å². The first-order valence-electron chi connectivity index (χ1n) is 5.47. The molecule has 7 heteroatoms. The molecule has 2 rings (SSSR count). The number of nitro groups is 1. The Kier molecular flexibility index (Phi) is 4.57. The third-order valence-corrected chi connectivity index (χ3v) is 3.23. The summed E-state index contributed by atoms with van der Waals surface area (Å²) in [5.41, 5.74) is 0.317. The highest BCUT2D eigenvalue weighted by Gasteiger charge is 2.16. The van der Waals surface area contributed by atoms with Crippen LogP contribution in [0.2, 0.25) is 0 Å². The Morgan fingerprint density at radius 1 is 1.30 bits per heavy atom. The van der Waals surface area contributed by atoms with Gasteiger partial charge in [-0.1, -0.05) is 15.9 Å². The Bertz CT molecular complexity index is 666. The summed E-state index contributed by atoms with van der Waals surface area (Å²) in [4.78, 5) is 10.4. The fourth-order valence-electron chi connectivity index (χ4n) is 1.60. The molecular weight excluding hydrogens is 353 g/mol. The number of halogens is 3. The van der Waals surface area contributed by atoms with Crippen LogP contribution in [-0.2, 0) is 5.88 Å². The van der Waals surface area contributed by atoms with Crippen LogP contribution in [-0.4, -0.2) is 4.92 Å². The quantitative estimate of drug-likeness (QED) is 0.436. The molecule has 0 atom stereocenters. The molecule has 0 aliphatic carbocycles. The molecule has 0 aromatic heterocycles. The molecule has 0 unspecified atom stereocenters. The van der Waals surface area contributed by atoms with E-state index in [9.17, 15) is 14.5 Å². The Morgan fingerprint density at radius 3 is 2.70 bits per heavy atom. The average Bonchev–Trinajstić information content (AvgIpc) is 2.40. The molecule has 0 radical (unpaired) electrons. The van der Waals surface area contributed by atoms with E-state index in [2.05, 4.69) is 15.9 Å². The van der Waals surface area contributed by atoms with Gasteiger partial charge in [0.25, 0.3) is 0 Å². The highest BCUT2D eigenvalue weighted by Crippen LogP contribution is 2.34. The lowest BCUT2D eigenvalue weighted by atomic mass is 10.2. The predicted molar refractivity (Wildman–Crippen MR) is 76.8 cm³/mol. The SMILES string of the molecule is O=[N+]([O-])c1cc(Br)ccc1Oc1cc(F)cc(CCl)c1. The minimum Gasteiger partial charge on any atom is -0.450 e. The van der Waals surface area contributed by atoms with Crippen LogP contribution in [0.5, 0.6) is 11.5 Å². The molecule has 2 aromatic carbocycles. The topological polar surface area (TPSA) is 52.4 Å². The van der Waals surface area contributed by atoms with Gasteiger partial charge in [0, 0.05) is 22.5 Å². The third-order valence-electron chi connectivity index (χ3n) is 2.43. The van der Waals surface area contributed by atoms with Crippen molar-refractivity contribution in [2.24, 2.45) is 0 Å². The Morgan fingerprint density at radius 2 is 2.05 bits per heavy atom. The number of ether oxygens (including phenoxy) is 1. The first-order valence-corrected chi connectivity index (χ1v) is 6.79. The minimum absolute atomic E-state index is 0.0318.